The highest BCUT2D eigenvalue weighted by Gasteiger charge is 2.28. The predicted octanol–water partition coefficient (Wildman–Crippen LogP) is 2.33. The maximum absolute atomic E-state index is 13.9. The van der Waals surface area contributed by atoms with E-state index in [0.29, 0.717) is 12.2 Å². The molecule has 1 fully saturated rings. The third-order valence-corrected chi connectivity index (χ3v) is 3.58. The summed E-state index contributed by atoms with van der Waals surface area (Å²) in [6, 6.07) is 2.66. The van der Waals surface area contributed by atoms with Crippen LogP contribution in [-0.4, -0.2) is 26.2 Å². The molecule has 0 aliphatic heterocycles. The first-order valence-corrected chi connectivity index (χ1v) is 6.53. The summed E-state index contributed by atoms with van der Waals surface area (Å²) < 4.78 is 24.0. The van der Waals surface area contributed by atoms with Gasteiger partial charge in [0, 0.05) is 24.1 Å². The van der Waals surface area contributed by atoms with Crippen molar-refractivity contribution in [2.24, 2.45) is 11.7 Å². The van der Waals surface area contributed by atoms with Crippen LogP contribution in [0.5, 0.6) is 11.5 Å². The first-order valence-electron chi connectivity index (χ1n) is 6.53. The summed E-state index contributed by atoms with van der Waals surface area (Å²) in [4.78, 5) is 12.1. The first-order chi connectivity index (χ1) is 9.55. The topological polar surface area (TPSA) is 73.6 Å². The highest BCUT2D eigenvalue weighted by atomic mass is 35.5. The number of halogens is 2. The SMILES string of the molecule is COc1cc(F)c(NC(=O)C2CCC(N)C2)cc1OC.Cl. The fourth-order valence-corrected chi connectivity index (χ4v) is 2.44. The summed E-state index contributed by atoms with van der Waals surface area (Å²) in [6.45, 7) is 0. The predicted molar refractivity (Wildman–Crippen MR) is 80.7 cm³/mol. The molecule has 2 atom stereocenters. The van der Waals surface area contributed by atoms with Crippen molar-refractivity contribution in [3.8, 4) is 11.5 Å². The van der Waals surface area contributed by atoms with E-state index in [1.165, 1.54) is 26.4 Å². The van der Waals surface area contributed by atoms with Crippen molar-refractivity contribution in [3.05, 3.63) is 17.9 Å². The van der Waals surface area contributed by atoms with Gasteiger partial charge in [0.25, 0.3) is 0 Å². The van der Waals surface area contributed by atoms with Crippen LogP contribution in [-0.2, 0) is 4.79 Å². The van der Waals surface area contributed by atoms with E-state index >= 15 is 0 Å². The van der Waals surface area contributed by atoms with Crippen LogP contribution in [0.3, 0.4) is 0 Å². The third-order valence-electron chi connectivity index (χ3n) is 3.58. The standard InChI is InChI=1S/C14H19FN2O3.ClH/c1-19-12-6-10(15)11(7-13(12)20-2)17-14(18)8-3-4-9(16)5-8;/h6-9H,3-5,16H2,1-2H3,(H,17,18);1H. The Morgan fingerprint density at radius 2 is 1.90 bits per heavy atom. The number of ether oxygens (including phenoxy) is 2. The fourth-order valence-electron chi connectivity index (χ4n) is 2.44. The number of amides is 1. The number of nitrogens with one attached hydrogen (secondary N) is 1. The summed E-state index contributed by atoms with van der Waals surface area (Å²) in [5.41, 5.74) is 5.87. The molecule has 1 aliphatic carbocycles. The van der Waals surface area contributed by atoms with Gasteiger partial charge < -0.3 is 20.5 Å². The number of hydrogen-bond donors (Lipinski definition) is 2. The molecule has 5 nitrogen and oxygen atoms in total. The molecule has 2 unspecified atom stereocenters. The Morgan fingerprint density at radius 3 is 2.43 bits per heavy atom. The number of rotatable bonds is 4. The Morgan fingerprint density at radius 1 is 1.29 bits per heavy atom. The quantitative estimate of drug-likeness (QED) is 0.893. The highest BCUT2D eigenvalue weighted by Crippen LogP contribution is 2.33. The Bertz CT molecular complexity index is 513. The molecule has 118 valence electrons. The lowest BCUT2D eigenvalue weighted by Gasteiger charge is -2.14. The van der Waals surface area contributed by atoms with E-state index in [4.69, 9.17) is 15.2 Å². The van der Waals surface area contributed by atoms with Gasteiger partial charge in [0.1, 0.15) is 0 Å². The molecule has 1 aromatic rings. The molecule has 0 heterocycles. The van der Waals surface area contributed by atoms with Gasteiger partial charge in [-0.2, -0.15) is 0 Å². The molecule has 0 radical (unpaired) electrons. The van der Waals surface area contributed by atoms with Gasteiger partial charge in [0.05, 0.1) is 19.9 Å². The lowest BCUT2D eigenvalue weighted by Crippen LogP contribution is -2.23. The molecule has 1 aromatic carbocycles. The lowest BCUT2D eigenvalue weighted by atomic mass is 10.1. The van der Waals surface area contributed by atoms with E-state index in [2.05, 4.69) is 5.32 Å². The monoisotopic (exact) mass is 318 g/mol. The first kappa shape index (κ1) is 17.5. The van der Waals surface area contributed by atoms with Gasteiger partial charge >= 0.3 is 0 Å². The van der Waals surface area contributed by atoms with Crippen LogP contribution in [0.25, 0.3) is 0 Å². The van der Waals surface area contributed by atoms with E-state index in [0.717, 1.165) is 12.8 Å². The third kappa shape index (κ3) is 3.98. The molecule has 2 rings (SSSR count). The maximum atomic E-state index is 13.9. The molecular formula is C14H20ClFN2O3. The van der Waals surface area contributed by atoms with Gasteiger partial charge in [-0.1, -0.05) is 0 Å². The van der Waals surface area contributed by atoms with E-state index in [1.807, 2.05) is 0 Å². The normalized spacial score (nSPS) is 20.6. The Hall–Kier alpha value is -1.53. The van der Waals surface area contributed by atoms with Crippen molar-refractivity contribution in [2.75, 3.05) is 19.5 Å². The molecule has 1 amide bonds. The minimum Gasteiger partial charge on any atom is -0.493 e. The van der Waals surface area contributed by atoms with Crippen LogP contribution in [0.4, 0.5) is 10.1 Å². The highest BCUT2D eigenvalue weighted by molar-refractivity contribution is 5.93. The number of carbonyl (C=O) groups excluding carboxylic acids is 1. The van der Waals surface area contributed by atoms with Crippen molar-refractivity contribution < 1.29 is 18.7 Å². The van der Waals surface area contributed by atoms with Gasteiger partial charge in [-0.15, -0.1) is 12.4 Å². The molecule has 7 heteroatoms. The Kier molecular flexibility index (Phi) is 6.23. The van der Waals surface area contributed by atoms with Crippen molar-refractivity contribution in [3.63, 3.8) is 0 Å². The molecule has 1 aliphatic rings. The number of nitrogens with two attached hydrogens (primary N) is 1. The van der Waals surface area contributed by atoms with E-state index in [-0.39, 0.29) is 41.7 Å². The van der Waals surface area contributed by atoms with Crippen LogP contribution in [0.1, 0.15) is 19.3 Å². The van der Waals surface area contributed by atoms with Crippen molar-refractivity contribution >= 4 is 24.0 Å². The molecule has 0 saturated heterocycles. The van der Waals surface area contributed by atoms with E-state index in [1.54, 1.807) is 0 Å². The van der Waals surface area contributed by atoms with Crippen molar-refractivity contribution in [1.82, 2.24) is 0 Å². The molecule has 21 heavy (non-hydrogen) atoms. The second kappa shape index (κ2) is 7.47. The zero-order valence-corrected chi connectivity index (χ0v) is 12.8. The number of hydrogen-bond acceptors (Lipinski definition) is 4. The molecular weight excluding hydrogens is 299 g/mol. The zero-order chi connectivity index (χ0) is 14.7. The van der Waals surface area contributed by atoms with Crippen LogP contribution in [0, 0.1) is 11.7 Å². The van der Waals surface area contributed by atoms with Gasteiger partial charge in [-0.05, 0) is 19.3 Å². The van der Waals surface area contributed by atoms with Gasteiger partial charge in [0.2, 0.25) is 5.91 Å². The average molecular weight is 319 g/mol. The van der Waals surface area contributed by atoms with Gasteiger partial charge in [-0.25, -0.2) is 4.39 Å². The maximum Gasteiger partial charge on any atom is 0.227 e. The number of anilines is 1. The molecule has 1 saturated carbocycles. The van der Waals surface area contributed by atoms with Gasteiger partial charge in [-0.3, -0.25) is 4.79 Å². The molecule has 3 N–H and O–H groups in total. The number of carbonyl (C=O) groups is 1. The van der Waals surface area contributed by atoms with Crippen molar-refractivity contribution in [2.45, 2.75) is 25.3 Å². The van der Waals surface area contributed by atoms with Crippen LogP contribution < -0.4 is 20.5 Å². The summed E-state index contributed by atoms with van der Waals surface area (Å²) in [7, 11) is 2.88. The van der Waals surface area contributed by atoms with E-state index < -0.39 is 5.82 Å². The largest absolute Gasteiger partial charge is 0.493 e. The molecule has 0 aromatic heterocycles. The summed E-state index contributed by atoms with van der Waals surface area (Å²) >= 11 is 0. The van der Waals surface area contributed by atoms with E-state index in [9.17, 15) is 9.18 Å². The Balaban J connectivity index is 0.00000220. The second-order valence-corrected chi connectivity index (χ2v) is 4.95. The zero-order valence-electron chi connectivity index (χ0n) is 12.0. The smallest absolute Gasteiger partial charge is 0.227 e. The van der Waals surface area contributed by atoms with Crippen LogP contribution in [0.2, 0.25) is 0 Å². The number of methoxy groups -OCH3 is 2. The van der Waals surface area contributed by atoms with Crippen LogP contribution >= 0.6 is 12.4 Å². The average Bonchev–Trinajstić information content (AvgIpc) is 2.87. The molecule has 0 bridgehead atoms. The molecule has 0 spiro atoms. The minimum absolute atomic E-state index is 0. The minimum atomic E-state index is -0.557. The summed E-state index contributed by atoms with van der Waals surface area (Å²) in [5, 5.41) is 2.59. The Labute approximate surface area is 129 Å². The summed E-state index contributed by atoms with van der Waals surface area (Å²) in [5.74, 6) is -0.266. The second-order valence-electron chi connectivity index (χ2n) is 4.95. The lowest BCUT2D eigenvalue weighted by molar-refractivity contribution is -0.119. The van der Waals surface area contributed by atoms with Crippen molar-refractivity contribution in [1.29, 1.82) is 0 Å². The van der Waals surface area contributed by atoms with Gasteiger partial charge in [0.15, 0.2) is 17.3 Å². The van der Waals surface area contributed by atoms with Crippen LogP contribution in [0.15, 0.2) is 12.1 Å². The number of benzene rings is 1. The fraction of sp³-hybridized carbons (Fsp3) is 0.500. The summed E-state index contributed by atoms with van der Waals surface area (Å²) in [6.07, 6.45) is 2.20.